The number of nitrogens with zero attached hydrogens (tertiary/aromatic N) is 1. The van der Waals surface area contributed by atoms with Crippen molar-refractivity contribution >= 4 is 28.7 Å². The van der Waals surface area contributed by atoms with Gasteiger partial charge in [-0.05, 0) is 18.2 Å². The first kappa shape index (κ1) is 15.6. The van der Waals surface area contributed by atoms with Crippen LogP contribution >= 0.6 is 11.8 Å². The summed E-state index contributed by atoms with van der Waals surface area (Å²) in [6.45, 7) is 0.246. The third-order valence-corrected chi connectivity index (χ3v) is 4.15. The number of benzene rings is 1. The number of hydrogen-bond donors (Lipinski definition) is 3. The summed E-state index contributed by atoms with van der Waals surface area (Å²) in [5, 5.41) is 14.9. The second-order valence-electron chi connectivity index (χ2n) is 4.80. The molecular formula is C14H15N3O5S. The first-order chi connectivity index (χ1) is 11.2. The number of hydrogen-bond acceptors (Lipinski definition) is 7. The molecule has 9 heteroatoms. The lowest BCUT2D eigenvalue weighted by molar-refractivity contribution is -0.122. The monoisotopic (exact) mass is 337 g/mol. The predicted molar refractivity (Wildman–Crippen MR) is 83.8 cm³/mol. The van der Waals surface area contributed by atoms with Crippen LogP contribution < -0.4 is 20.1 Å². The maximum Gasteiger partial charge on any atom is 0.252 e. The third kappa shape index (κ3) is 3.57. The maximum absolute atomic E-state index is 12.2. The van der Waals surface area contributed by atoms with Crippen molar-refractivity contribution in [3.05, 3.63) is 23.8 Å². The standard InChI is InChI=1S/C14H15N3O5S/c18-6-9(13(20)17-14-15-3-4-23-14)16-12(19)8-1-2-10-11(5-8)22-7-21-10/h1-2,5,9,18H,3-4,6-7H2,(H,16,19)(H,15,17,20)/t9-/m0/s1. The summed E-state index contributed by atoms with van der Waals surface area (Å²) < 4.78 is 10.4. The molecule has 1 aromatic rings. The Morgan fingerprint density at radius 1 is 1.35 bits per heavy atom. The molecule has 3 N–H and O–H groups in total. The number of rotatable bonds is 4. The van der Waals surface area contributed by atoms with Crippen molar-refractivity contribution in [2.24, 2.45) is 4.99 Å². The van der Waals surface area contributed by atoms with Crippen LogP contribution in [0.2, 0.25) is 0 Å². The van der Waals surface area contributed by atoms with Crippen molar-refractivity contribution < 1.29 is 24.2 Å². The van der Waals surface area contributed by atoms with E-state index in [-0.39, 0.29) is 6.79 Å². The second kappa shape index (κ2) is 6.88. The number of thioether (sulfide) groups is 1. The van der Waals surface area contributed by atoms with E-state index in [9.17, 15) is 14.7 Å². The number of amidine groups is 1. The molecule has 0 spiro atoms. The average Bonchev–Trinajstić information content (AvgIpc) is 3.22. The van der Waals surface area contributed by atoms with Crippen molar-refractivity contribution in [3.8, 4) is 11.5 Å². The van der Waals surface area contributed by atoms with E-state index in [2.05, 4.69) is 15.6 Å². The fraction of sp³-hybridized carbons (Fsp3) is 0.357. The highest BCUT2D eigenvalue weighted by molar-refractivity contribution is 8.14. The molecule has 1 atom stereocenters. The van der Waals surface area contributed by atoms with Crippen molar-refractivity contribution in [2.45, 2.75) is 6.04 Å². The molecule has 0 saturated carbocycles. The molecule has 0 aliphatic carbocycles. The fourth-order valence-electron chi connectivity index (χ4n) is 2.08. The van der Waals surface area contributed by atoms with Gasteiger partial charge in [0.1, 0.15) is 6.04 Å². The van der Waals surface area contributed by atoms with Gasteiger partial charge in [0, 0.05) is 11.3 Å². The average molecular weight is 337 g/mol. The molecule has 0 aromatic heterocycles. The Morgan fingerprint density at radius 3 is 2.91 bits per heavy atom. The molecule has 23 heavy (non-hydrogen) atoms. The minimum Gasteiger partial charge on any atom is -0.454 e. The first-order valence-electron chi connectivity index (χ1n) is 6.97. The van der Waals surface area contributed by atoms with Gasteiger partial charge in [0.2, 0.25) is 6.79 Å². The molecule has 3 rings (SSSR count). The highest BCUT2D eigenvalue weighted by atomic mass is 32.2. The van der Waals surface area contributed by atoms with Crippen molar-refractivity contribution in [1.82, 2.24) is 10.6 Å². The van der Waals surface area contributed by atoms with Gasteiger partial charge in [-0.15, -0.1) is 0 Å². The molecule has 2 aliphatic heterocycles. The van der Waals surface area contributed by atoms with Crippen LogP contribution in [0.15, 0.2) is 23.2 Å². The molecule has 0 unspecified atom stereocenters. The molecule has 2 aliphatic rings. The first-order valence-corrected chi connectivity index (χ1v) is 7.95. The third-order valence-electron chi connectivity index (χ3n) is 3.25. The zero-order valence-corrected chi connectivity index (χ0v) is 12.9. The molecule has 0 radical (unpaired) electrons. The minimum atomic E-state index is -1.06. The molecule has 0 saturated heterocycles. The van der Waals surface area contributed by atoms with E-state index in [1.807, 2.05) is 0 Å². The number of fused-ring (bicyclic) bond motifs is 1. The SMILES string of the molecule is O=C(N[C@@H](CO)C(=O)NC1=NCCS1)c1ccc2c(c1)OCO2. The maximum atomic E-state index is 12.2. The molecule has 8 nitrogen and oxygen atoms in total. The van der Waals surface area contributed by atoms with E-state index in [4.69, 9.17) is 9.47 Å². The van der Waals surface area contributed by atoms with Crippen LogP contribution in [0.4, 0.5) is 0 Å². The van der Waals surface area contributed by atoms with E-state index >= 15 is 0 Å². The van der Waals surface area contributed by atoms with Crippen LogP contribution in [0.25, 0.3) is 0 Å². The van der Waals surface area contributed by atoms with E-state index in [0.717, 1.165) is 5.75 Å². The smallest absolute Gasteiger partial charge is 0.252 e. The van der Waals surface area contributed by atoms with Gasteiger partial charge in [-0.25, -0.2) is 0 Å². The Labute approximate surface area is 136 Å². The van der Waals surface area contributed by atoms with Gasteiger partial charge in [-0.3, -0.25) is 14.6 Å². The molecule has 1 aromatic carbocycles. The number of aliphatic hydroxyl groups excluding tert-OH is 1. The Hall–Kier alpha value is -2.26. The number of amides is 2. The van der Waals surface area contributed by atoms with Crippen LogP contribution in [0, 0.1) is 0 Å². The number of nitrogens with one attached hydrogen (secondary N) is 2. The molecule has 0 fully saturated rings. The van der Waals surface area contributed by atoms with E-state index in [1.165, 1.54) is 17.8 Å². The summed E-state index contributed by atoms with van der Waals surface area (Å²) >= 11 is 1.42. The molecule has 0 bridgehead atoms. The lowest BCUT2D eigenvalue weighted by Crippen LogP contribution is -2.49. The Balaban J connectivity index is 1.63. The van der Waals surface area contributed by atoms with Crippen molar-refractivity contribution in [1.29, 1.82) is 0 Å². The van der Waals surface area contributed by atoms with Gasteiger partial charge in [-0.2, -0.15) is 0 Å². The van der Waals surface area contributed by atoms with Crippen molar-refractivity contribution in [3.63, 3.8) is 0 Å². The highest BCUT2D eigenvalue weighted by Gasteiger charge is 2.24. The molecule has 2 heterocycles. The van der Waals surface area contributed by atoms with Gasteiger partial charge in [0.25, 0.3) is 11.8 Å². The number of aliphatic imine (C=N–C) groups is 1. The Kier molecular flexibility index (Phi) is 4.68. The van der Waals surface area contributed by atoms with Gasteiger partial charge in [-0.1, -0.05) is 11.8 Å². The van der Waals surface area contributed by atoms with Gasteiger partial charge >= 0.3 is 0 Å². The van der Waals surface area contributed by atoms with Crippen LogP contribution in [0.1, 0.15) is 10.4 Å². The summed E-state index contributed by atoms with van der Waals surface area (Å²) in [4.78, 5) is 28.4. The van der Waals surface area contributed by atoms with Crippen molar-refractivity contribution in [2.75, 3.05) is 25.7 Å². The van der Waals surface area contributed by atoms with E-state index in [1.54, 1.807) is 12.1 Å². The van der Waals surface area contributed by atoms with Crippen LogP contribution in [0.5, 0.6) is 11.5 Å². The summed E-state index contributed by atoms with van der Waals surface area (Å²) in [7, 11) is 0. The molecule has 122 valence electrons. The minimum absolute atomic E-state index is 0.113. The summed E-state index contributed by atoms with van der Waals surface area (Å²) in [6, 6.07) is 3.65. The Bertz CT molecular complexity index is 664. The predicted octanol–water partition coefficient (Wildman–Crippen LogP) is -0.275. The lowest BCUT2D eigenvalue weighted by atomic mass is 10.1. The lowest BCUT2D eigenvalue weighted by Gasteiger charge is -2.16. The van der Waals surface area contributed by atoms with E-state index < -0.39 is 24.5 Å². The largest absolute Gasteiger partial charge is 0.454 e. The number of aliphatic hydroxyl groups is 1. The van der Waals surface area contributed by atoms with Gasteiger partial charge in [0.15, 0.2) is 16.7 Å². The summed E-state index contributed by atoms with van der Waals surface area (Å²) in [5.41, 5.74) is 0.313. The number of carbonyl (C=O) groups excluding carboxylic acids is 2. The van der Waals surface area contributed by atoms with Crippen LogP contribution in [-0.2, 0) is 4.79 Å². The zero-order valence-electron chi connectivity index (χ0n) is 12.1. The van der Waals surface area contributed by atoms with E-state index in [0.29, 0.717) is 28.8 Å². The molecule has 2 amide bonds. The molecular weight excluding hydrogens is 322 g/mol. The topological polar surface area (TPSA) is 109 Å². The van der Waals surface area contributed by atoms with Crippen LogP contribution in [-0.4, -0.2) is 53.8 Å². The van der Waals surface area contributed by atoms with Gasteiger partial charge in [0.05, 0.1) is 13.2 Å². The summed E-state index contributed by atoms with van der Waals surface area (Å²) in [6.07, 6.45) is 0. The number of carbonyl (C=O) groups is 2. The Morgan fingerprint density at radius 2 is 2.17 bits per heavy atom. The zero-order chi connectivity index (χ0) is 16.2. The number of ether oxygens (including phenoxy) is 2. The highest BCUT2D eigenvalue weighted by Crippen LogP contribution is 2.32. The quantitative estimate of drug-likeness (QED) is 0.697. The fourth-order valence-corrected chi connectivity index (χ4v) is 2.81. The van der Waals surface area contributed by atoms with Gasteiger partial charge < -0.3 is 25.2 Å². The summed E-state index contributed by atoms with van der Waals surface area (Å²) in [5.74, 6) is 0.852. The van der Waals surface area contributed by atoms with Crippen LogP contribution in [0.3, 0.4) is 0 Å². The normalized spacial score (nSPS) is 16.7. The second-order valence-corrected chi connectivity index (χ2v) is 5.88.